The Morgan fingerprint density at radius 3 is 2.47 bits per heavy atom. The average molecular weight is 452 g/mol. The highest BCUT2D eigenvalue weighted by atomic mass is 35.5. The summed E-state index contributed by atoms with van der Waals surface area (Å²) in [4.78, 5) is 12.6. The van der Waals surface area contributed by atoms with Crippen LogP contribution in [0.5, 0.6) is 11.5 Å². The van der Waals surface area contributed by atoms with Gasteiger partial charge in [-0.15, -0.1) is 0 Å². The van der Waals surface area contributed by atoms with Gasteiger partial charge in [0.25, 0.3) is 0 Å². The average Bonchev–Trinajstić information content (AvgIpc) is 3.22. The summed E-state index contributed by atoms with van der Waals surface area (Å²) >= 11 is 11.4. The molecule has 3 atom stereocenters. The summed E-state index contributed by atoms with van der Waals surface area (Å²) in [6.07, 6.45) is 0.310. The molecule has 0 saturated heterocycles. The maximum atomic E-state index is 14.2. The zero-order valence-electron chi connectivity index (χ0n) is 16.0. The van der Waals surface area contributed by atoms with Gasteiger partial charge in [-0.05, 0) is 53.8 Å². The molecule has 0 bridgehead atoms. The molecule has 0 heterocycles. The van der Waals surface area contributed by atoms with E-state index in [2.05, 4.69) is 0 Å². The quantitative estimate of drug-likeness (QED) is 0.473. The summed E-state index contributed by atoms with van der Waals surface area (Å²) in [5.41, 5.74) is -0.170. The Bertz CT molecular complexity index is 1030. The third-order valence-corrected chi connectivity index (χ3v) is 5.37. The minimum atomic E-state index is -1.26. The molecule has 156 valence electrons. The Morgan fingerprint density at radius 1 is 1.20 bits per heavy atom. The van der Waals surface area contributed by atoms with E-state index in [1.165, 1.54) is 36.4 Å². The number of hydrogen-bond acceptors (Lipinski definition) is 4. The van der Waals surface area contributed by atoms with Gasteiger partial charge in [-0.2, -0.15) is 5.26 Å². The van der Waals surface area contributed by atoms with Crippen molar-refractivity contribution in [2.45, 2.75) is 20.0 Å². The van der Waals surface area contributed by atoms with Gasteiger partial charge in [0.05, 0.1) is 5.92 Å². The largest absolute Gasteiger partial charge is 0.454 e. The summed E-state index contributed by atoms with van der Waals surface area (Å²) in [5.74, 6) is -2.40. The second-order valence-electron chi connectivity index (χ2n) is 7.47. The van der Waals surface area contributed by atoms with E-state index < -0.39 is 35.0 Å². The number of ether oxygens (including phenoxy) is 2. The summed E-state index contributed by atoms with van der Waals surface area (Å²) in [6.45, 7) is 3.73. The number of benzene rings is 2. The minimum absolute atomic E-state index is 0.0568. The SMILES string of the molecule is CC1(C)C(C=C(Cl)Cl)C1C(=O)OC(C#N)c1ccc(F)c(Oc2ccc(F)cc2)c1. The highest BCUT2D eigenvalue weighted by molar-refractivity contribution is 6.55. The number of carbonyl (C=O) groups is 1. The van der Waals surface area contributed by atoms with Crippen molar-refractivity contribution in [3.63, 3.8) is 0 Å². The number of rotatable bonds is 6. The van der Waals surface area contributed by atoms with Gasteiger partial charge in [0, 0.05) is 5.56 Å². The number of esters is 1. The van der Waals surface area contributed by atoms with Crippen LogP contribution in [0.1, 0.15) is 25.5 Å². The molecule has 0 amide bonds. The maximum Gasteiger partial charge on any atom is 0.311 e. The number of nitrogens with zero attached hydrogens (tertiary/aromatic N) is 1. The Labute approximate surface area is 182 Å². The van der Waals surface area contributed by atoms with Crippen molar-refractivity contribution in [1.82, 2.24) is 0 Å². The van der Waals surface area contributed by atoms with Gasteiger partial charge in [-0.3, -0.25) is 4.79 Å². The lowest BCUT2D eigenvalue weighted by molar-refractivity contribution is -0.149. The van der Waals surface area contributed by atoms with E-state index in [0.717, 1.165) is 6.07 Å². The fourth-order valence-electron chi connectivity index (χ4n) is 3.32. The van der Waals surface area contributed by atoms with Crippen molar-refractivity contribution >= 4 is 29.2 Å². The second kappa shape index (κ2) is 8.63. The normalized spacial score (nSPS) is 19.9. The molecule has 0 aliphatic heterocycles. The van der Waals surface area contributed by atoms with Crippen LogP contribution in [0.25, 0.3) is 0 Å². The number of nitriles is 1. The summed E-state index contributed by atoms with van der Waals surface area (Å²) in [7, 11) is 0. The Morgan fingerprint density at radius 2 is 1.87 bits per heavy atom. The standard InChI is InChI=1S/C22H17Cl2F2NO3/c1-22(2)15(10-19(23)24)20(22)21(28)30-18(11-27)12-3-8-16(26)17(9-12)29-14-6-4-13(25)5-7-14/h3-10,15,18,20H,1-2H3. The van der Waals surface area contributed by atoms with E-state index in [-0.39, 0.29) is 27.5 Å². The molecule has 3 rings (SSSR count). The highest BCUT2D eigenvalue weighted by Gasteiger charge is 2.62. The molecule has 1 saturated carbocycles. The predicted molar refractivity (Wildman–Crippen MR) is 108 cm³/mol. The molecule has 4 nitrogen and oxygen atoms in total. The van der Waals surface area contributed by atoms with E-state index in [1.807, 2.05) is 19.9 Å². The van der Waals surface area contributed by atoms with Crippen LogP contribution in [0, 0.1) is 40.2 Å². The van der Waals surface area contributed by atoms with E-state index in [4.69, 9.17) is 32.7 Å². The van der Waals surface area contributed by atoms with Crippen molar-refractivity contribution in [2.75, 3.05) is 0 Å². The molecule has 8 heteroatoms. The molecule has 1 fully saturated rings. The molecule has 3 unspecified atom stereocenters. The van der Waals surface area contributed by atoms with E-state index in [9.17, 15) is 18.8 Å². The molecule has 0 N–H and O–H groups in total. The van der Waals surface area contributed by atoms with Gasteiger partial charge in [0.2, 0.25) is 6.10 Å². The lowest BCUT2D eigenvalue weighted by atomic mass is 10.1. The van der Waals surface area contributed by atoms with Crippen molar-refractivity contribution in [3.05, 3.63) is 70.2 Å². The predicted octanol–water partition coefficient (Wildman–Crippen LogP) is 6.46. The zero-order valence-corrected chi connectivity index (χ0v) is 17.5. The molecular formula is C22H17Cl2F2NO3. The first-order chi connectivity index (χ1) is 14.1. The Balaban J connectivity index is 1.77. The maximum absolute atomic E-state index is 14.2. The Kier molecular flexibility index (Phi) is 6.35. The monoisotopic (exact) mass is 451 g/mol. The van der Waals surface area contributed by atoms with Crippen LogP contribution in [0.15, 0.2) is 53.0 Å². The van der Waals surface area contributed by atoms with Crippen molar-refractivity contribution < 1.29 is 23.0 Å². The molecule has 0 spiro atoms. The van der Waals surface area contributed by atoms with Gasteiger partial charge in [0.15, 0.2) is 11.6 Å². The number of hydrogen-bond donors (Lipinski definition) is 0. The minimum Gasteiger partial charge on any atom is -0.454 e. The fourth-order valence-corrected chi connectivity index (χ4v) is 3.60. The molecule has 30 heavy (non-hydrogen) atoms. The first-order valence-corrected chi connectivity index (χ1v) is 9.75. The zero-order chi connectivity index (χ0) is 22.1. The fraction of sp³-hybridized carbons (Fsp3) is 0.273. The van der Waals surface area contributed by atoms with Crippen LogP contribution >= 0.6 is 23.2 Å². The van der Waals surface area contributed by atoms with E-state index >= 15 is 0 Å². The van der Waals surface area contributed by atoms with Crippen molar-refractivity contribution in [2.24, 2.45) is 17.3 Å². The molecule has 1 aliphatic carbocycles. The number of allylic oxidation sites excluding steroid dienone is 1. The van der Waals surface area contributed by atoms with Gasteiger partial charge in [-0.25, -0.2) is 8.78 Å². The van der Waals surface area contributed by atoms with Crippen LogP contribution in [0.4, 0.5) is 8.78 Å². The molecule has 0 radical (unpaired) electrons. The second-order valence-corrected chi connectivity index (χ2v) is 8.48. The molecule has 0 aromatic heterocycles. The third-order valence-electron chi connectivity index (χ3n) is 5.12. The van der Waals surface area contributed by atoms with Crippen LogP contribution in [0.3, 0.4) is 0 Å². The molecule has 1 aliphatic rings. The van der Waals surface area contributed by atoms with E-state index in [0.29, 0.717) is 0 Å². The molecule has 2 aromatic carbocycles. The van der Waals surface area contributed by atoms with Gasteiger partial charge in [0.1, 0.15) is 22.1 Å². The number of halogens is 4. The first-order valence-electron chi connectivity index (χ1n) is 8.99. The van der Waals surface area contributed by atoms with Crippen molar-refractivity contribution in [3.8, 4) is 17.6 Å². The first kappa shape index (κ1) is 22.1. The topological polar surface area (TPSA) is 59.3 Å². The van der Waals surface area contributed by atoms with Crippen LogP contribution in [-0.4, -0.2) is 5.97 Å². The smallest absolute Gasteiger partial charge is 0.311 e. The highest BCUT2D eigenvalue weighted by Crippen LogP contribution is 2.60. The van der Waals surface area contributed by atoms with Gasteiger partial charge < -0.3 is 9.47 Å². The lowest BCUT2D eigenvalue weighted by Crippen LogP contribution is -2.14. The summed E-state index contributed by atoms with van der Waals surface area (Å²) in [6, 6.07) is 10.6. The van der Waals surface area contributed by atoms with Gasteiger partial charge in [-0.1, -0.05) is 43.1 Å². The third kappa shape index (κ3) is 4.75. The summed E-state index contributed by atoms with van der Waals surface area (Å²) in [5, 5.41) is 9.49. The number of carbonyl (C=O) groups excluding carboxylic acids is 1. The van der Waals surface area contributed by atoms with Crippen LogP contribution < -0.4 is 4.74 Å². The van der Waals surface area contributed by atoms with E-state index in [1.54, 1.807) is 6.08 Å². The van der Waals surface area contributed by atoms with Crippen LogP contribution in [-0.2, 0) is 9.53 Å². The molecule has 2 aromatic rings. The van der Waals surface area contributed by atoms with Gasteiger partial charge >= 0.3 is 5.97 Å². The summed E-state index contributed by atoms with van der Waals surface area (Å²) < 4.78 is 38.0. The molecular weight excluding hydrogens is 435 g/mol. The van der Waals surface area contributed by atoms with Crippen LogP contribution in [0.2, 0.25) is 0 Å². The Hall–Kier alpha value is -2.62. The lowest BCUT2D eigenvalue weighted by Gasteiger charge is -2.14. The van der Waals surface area contributed by atoms with Crippen molar-refractivity contribution in [1.29, 1.82) is 5.26 Å².